The maximum absolute atomic E-state index is 3.39. The first-order valence-corrected chi connectivity index (χ1v) is 6.45. The predicted octanol–water partition coefficient (Wildman–Crippen LogP) is 1.01. The van der Waals surface area contributed by atoms with Gasteiger partial charge in [-0.2, -0.15) is 0 Å². The van der Waals surface area contributed by atoms with Gasteiger partial charge < -0.3 is 5.32 Å². The van der Waals surface area contributed by atoms with Gasteiger partial charge in [0, 0.05) is 45.3 Å². The number of hydrogen-bond acceptors (Lipinski definition) is 3. The summed E-state index contributed by atoms with van der Waals surface area (Å²) in [6, 6.07) is 0.734. The third-order valence-corrected chi connectivity index (χ3v) is 3.53. The van der Waals surface area contributed by atoms with Gasteiger partial charge in [-0.05, 0) is 19.9 Å². The zero-order valence-corrected chi connectivity index (χ0v) is 10.6. The van der Waals surface area contributed by atoms with Crippen LogP contribution in [0.15, 0.2) is 0 Å². The summed E-state index contributed by atoms with van der Waals surface area (Å²) >= 11 is 0. The van der Waals surface area contributed by atoms with Crippen molar-refractivity contribution in [2.45, 2.75) is 33.2 Å². The molecule has 0 saturated carbocycles. The van der Waals surface area contributed by atoms with Crippen molar-refractivity contribution in [3.05, 3.63) is 0 Å². The van der Waals surface area contributed by atoms with Gasteiger partial charge in [0.15, 0.2) is 0 Å². The molecule has 0 aliphatic carbocycles. The summed E-state index contributed by atoms with van der Waals surface area (Å²) in [7, 11) is 0. The minimum absolute atomic E-state index is 0.734. The van der Waals surface area contributed by atoms with Crippen molar-refractivity contribution in [2.75, 3.05) is 45.8 Å². The Bertz CT molecular complexity index is 155. The molecular formula is C12H27N3. The molecule has 1 fully saturated rings. The van der Waals surface area contributed by atoms with E-state index in [2.05, 4.69) is 35.9 Å². The molecule has 0 radical (unpaired) electrons. The van der Waals surface area contributed by atoms with E-state index in [-0.39, 0.29) is 0 Å². The Balaban J connectivity index is 2.20. The van der Waals surface area contributed by atoms with Gasteiger partial charge in [0.2, 0.25) is 0 Å². The molecule has 0 aromatic rings. The van der Waals surface area contributed by atoms with E-state index >= 15 is 0 Å². The van der Waals surface area contributed by atoms with Gasteiger partial charge in [-0.1, -0.05) is 13.8 Å². The van der Waals surface area contributed by atoms with E-state index in [1.54, 1.807) is 0 Å². The summed E-state index contributed by atoms with van der Waals surface area (Å²) in [6.45, 7) is 15.3. The van der Waals surface area contributed by atoms with Crippen LogP contribution in [0.3, 0.4) is 0 Å². The number of likely N-dealkylation sites (N-methyl/N-ethyl adjacent to an activating group) is 1. The molecule has 1 aliphatic heterocycles. The lowest BCUT2D eigenvalue weighted by atomic mass is 10.2. The third-order valence-electron chi connectivity index (χ3n) is 3.53. The Morgan fingerprint density at radius 2 is 1.93 bits per heavy atom. The van der Waals surface area contributed by atoms with Gasteiger partial charge in [0.25, 0.3) is 0 Å². The van der Waals surface area contributed by atoms with Crippen molar-refractivity contribution in [3.63, 3.8) is 0 Å². The van der Waals surface area contributed by atoms with Gasteiger partial charge in [-0.25, -0.2) is 0 Å². The molecule has 0 amide bonds. The van der Waals surface area contributed by atoms with Gasteiger partial charge in [0.05, 0.1) is 0 Å². The summed E-state index contributed by atoms with van der Waals surface area (Å²) in [4.78, 5) is 5.16. The van der Waals surface area contributed by atoms with Gasteiger partial charge in [0.1, 0.15) is 0 Å². The minimum Gasteiger partial charge on any atom is -0.314 e. The Hall–Kier alpha value is -0.120. The van der Waals surface area contributed by atoms with Crippen LogP contribution < -0.4 is 5.32 Å². The van der Waals surface area contributed by atoms with E-state index in [1.807, 2.05) is 0 Å². The average molecular weight is 213 g/mol. The maximum atomic E-state index is 3.39. The van der Waals surface area contributed by atoms with E-state index in [4.69, 9.17) is 0 Å². The fourth-order valence-electron chi connectivity index (χ4n) is 2.15. The van der Waals surface area contributed by atoms with Crippen LogP contribution in [0.5, 0.6) is 0 Å². The van der Waals surface area contributed by atoms with Crippen LogP contribution in [-0.4, -0.2) is 61.7 Å². The smallest absolute Gasteiger partial charge is 0.0112 e. The highest BCUT2D eigenvalue weighted by Gasteiger charge is 2.13. The van der Waals surface area contributed by atoms with Gasteiger partial charge in [-0.15, -0.1) is 0 Å². The SMILES string of the molecule is CCC(C)N(CC)CCN1CCNCC1. The van der Waals surface area contributed by atoms with Crippen molar-refractivity contribution in [1.82, 2.24) is 15.1 Å². The van der Waals surface area contributed by atoms with Crippen molar-refractivity contribution in [3.8, 4) is 0 Å². The molecule has 0 bridgehead atoms. The van der Waals surface area contributed by atoms with Crippen molar-refractivity contribution in [1.29, 1.82) is 0 Å². The molecule has 1 saturated heterocycles. The maximum Gasteiger partial charge on any atom is 0.0112 e. The molecule has 0 aromatic carbocycles. The highest BCUT2D eigenvalue weighted by atomic mass is 15.2. The largest absolute Gasteiger partial charge is 0.314 e. The second-order valence-corrected chi connectivity index (χ2v) is 4.48. The van der Waals surface area contributed by atoms with Crippen molar-refractivity contribution < 1.29 is 0 Å². The highest BCUT2D eigenvalue weighted by Crippen LogP contribution is 2.03. The normalized spacial score (nSPS) is 20.8. The number of rotatable bonds is 6. The Kier molecular flexibility index (Phi) is 6.22. The first kappa shape index (κ1) is 12.9. The monoisotopic (exact) mass is 213 g/mol. The molecule has 0 spiro atoms. The van der Waals surface area contributed by atoms with Crippen molar-refractivity contribution >= 4 is 0 Å². The zero-order chi connectivity index (χ0) is 11.1. The number of piperazine rings is 1. The summed E-state index contributed by atoms with van der Waals surface area (Å²) in [5.41, 5.74) is 0. The molecule has 1 rings (SSSR count). The predicted molar refractivity (Wildman–Crippen MR) is 66.3 cm³/mol. The van der Waals surface area contributed by atoms with Gasteiger partial charge in [-0.3, -0.25) is 9.80 Å². The Labute approximate surface area is 94.8 Å². The van der Waals surface area contributed by atoms with E-state index in [0.717, 1.165) is 19.1 Å². The number of hydrogen-bond donors (Lipinski definition) is 1. The van der Waals surface area contributed by atoms with Crippen LogP contribution >= 0.6 is 0 Å². The summed E-state index contributed by atoms with van der Waals surface area (Å²) < 4.78 is 0. The molecule has 1 N–H and O–H groups in total. The first-order chi connectivity index (χ1) is 7.27. The number of nitrogens with one attached hydrogen (secondary N) is 1. The molecule has 0 aromatic heterocycles. The zero-order valence-electron chi connectivity index (χ0n) is 10.6. The van der Waals surface area contributed by atoms with Crippen LogP contribution in [-0.2, 0) is 0 Å². The van der Waals surface area contributed by atoms with Crippen LogP contribution in [0.25, 0.3) is 0 Å². The summed E-state index contributed by atoms with van der Waals surface area (Å²) in [5, 5.41) is 3.39. The lowest BCUT2D eigenvalue weighted by molar-refractivity contribution is 0.162. The van der Waals surface area contributed by atoms with Crippen LogP contribution in [0.1, 0.15) is 27.2 Å². The molecule has 15 heavy (non-hydrogen) atoms. The van der Waals surface area contributed by atoms with Crippen LogP contribution in [0.2, 0.25) is 0 Å². The standard InChI is InChI=1S/C12H27N3/c1-4-12(3)15(5-2)11-10-14-8-6-13-7-9-14/h12-13H,4-11H2,1-3H3. The molecule has 1 unspecified atom stereocenters. The van der Waals surface area contributed by atoms with Crippen molar-refractivity contribution in [2.24, 2.45) is 0 Å². The Morgan fingerprint density at radius 1 is 1.27 bits per heavy atom. The summed E-state index contributed by atoms with van der Waals surface area (Å²) in [5.74, 6) is 0. The number of nitrogens with zero attached hydrogens (tertiary/aromatic N) is 2. The quantitative estimate of drug-likeness (QED) is 0.710. The van der Waals surface area contributed by atoms with E-state index < -0.39 is 0 Å². The van der Waals surface area contributed by atoms with E-state index in [1.165, 1.54) is 39.1 Å². The molecule has 3 heteroatoms. The second kappa shape index (κ2) is 7.20. The lowest BCUT2D eigenvalue weighted by Gasteiger charge is -2.32. The summed E-state index contributed by atoms with van der Waals surface area (Å²) in [6.07, 6.45) is 1.26. The molecule has 1 heterocycles. The molecule has 3 nitrogen and oxygen atoms in total. The fraction of sp³-hybridized carbons (Fsp3) is 1.00. The lowest BCUT2D eigenvalue weighted by Crippen LogP contribution is -2.47. The minimum atomic E-state index is 0.734. The van der Waals surface area contributed by atoms with E-state index in [9.17, 15) is 0 Å². The van der Waals surface area contributed by atoms with Crippen LogP contribution in [0, 0.1) is 0 Å². The highest BCUT2D eigenvalue weighted by molar-refractivity contribution is 4.71. The van der Waals surface area contributed by atoms with Crippen LogP contribution in [0.4, 0.5) is 0 Å². The molecular weight excluding hydrogens is 186 g/mol. The third kappa shape index (κ3) is 4.49. The fourth-order valence-corrected chi connectivity index (χ4v) is 2.15. The van der Waals surface area contributed by atoms with Gasteiger partial charge >= 0.3 is 0 Å². The first-order valence-electron chi connectivity index (χ1n) is 6.45. The molecule has 1 atom stereocenters. The molecule has 90 valence electrons. The second-order valence-electron chi connectivity index (χ2n) is 4.48. The molecule has 1 aliphatic rings. The topological polar surface area (TPSA) is 18.5 Å². The van der Waals surface area contributed by atoms with E-state index in [0.29, 0.717) is 0 Å². The Morgan fingerprint density at radius 3 is 2.47 bits per heavy atom. The average Bonchev–Trinajstić information content (AvgIpc) is 2.31.